The standard InChI is InChI=1S/C11H12Cl2N4/c1-2-17-4-3-15-10(17)6-9-7(12)5-8(13)11(14)16-9/h3-5H,2,6H2,1H3,(H2,14,16). The third-order valence-electron chi connectivity index (χ3n) is 2.50. The first-order valence-electron chi connectivity index (χ1n) is 5.22. The van der Waals surface area contributed by atoms with E-state index in [0.29, 0.717) is 28.0 Å². The second kappa shape index (κ2) is 4.94. The highest BCUT2D eigenvalue weighted by Crippen LogP contribution is 2.25. The fourth-order valence-electron chi connectivity index (χ4n) is 1.59. The zero-order valence-electron chi connectivity index (χ0n) is 9.32. The van der Waals surface area contributed by atoms with Crippen molar-refractivity contribution in [2.45, 2.75) is 19.9 Å². The lowest BCUT2D eigenvalue weighted by Crippen LogP contribution is -2.05. The van der Waals surface area contributed by atoms with Crippen LogP contribution >= 0.6 is 23.2 Å². The maximum Gasteiger partial charge on any atom is 0.142 e. The Morgan fingerprint density at radius 2 is 2.12 bits per heavy atom. The van der Waals surface area contributed by atoms with Crippen LogP contribution in [0.2, 0.25) is 10.0 Å². The molecule has 0 unspecified atom stereocenters. The second-order valence-corrected chi connectivity index (χ2v) is 4.40. The fourth-order valence-corrected chi connectivity index (χ4v) is 2.01. The lowest BCUT2D eigenvalue weighted by Gasteiger charge is -2.07. The summed E-state index contributed by atoms with van der Waals surface area (Å²) in [5.74, 6) is 1.20. The Morgan fingerprint density at radius 1 is 1.35 bits per heavy atom. The summed E-state index contributed by atoms with van der Waals surface area (Å²) in [5.41, 5.74) is 6.35. The molecule has 0 radical (unpaired) electrons. The summed E-state index contributed by atoms with van der Waals surface area (Å²) in [5, 5.41) is 0.882. The van der Waals surface area contributed by atoms with Crippen molar-refractivity contribution >= 4 is 29.0 Å². The lowest BCUT2D eigenvalue weighted by atomic mass is 10.2. The van der Waals surface area contributed by atoms with Crippen LogP contribution in [0.3, 0.4) is 0 Å². The van der Waals surface area contributed by atoms with Crippen LogP contribution in [0.15, 0.2) is 18.5 Å². The van der Waals surface area contributed by atoms with E-state index in [-0.39, 0.29) is 0 Å². The molecule has 0 saturated heterocycles. The summed E-state index contributed by atoms with van der Waals surface area (Å²) in [6.45, 7) is 2.91. The van der Waals surface area contributed by atoms with Gasteiger partial charge >= 0.3 is 0 Å². The normalized spacial score (nSPS) is 10.8. The lowest BCUT2D eigenvalue weighted by molar-refractivity contribution is 0.709. The maximum atomic E-state index is 6.07. The number of nitrogens with zero attached hydrogens (tertiary/aromatic N) is 3. The topological polar surface area (TPSA) is 56.7 Å². The van der Waals surface area contributed by atoms with Gasteiger partial charge in [0.1, 0.15) is 11.6 Å². The summed E-state index contributed by atoms with van der Waals surface area (Å²) in [6.07, 6.45) is 4.22. The van der Waals surface area contributed by atoms with Gasteiger partial charge in [-0.2, -0.15) is 0 Å². The van der Waals surface area contributed by atoms with Gasteiger partial charge in [0.25, 0.3) is 0 Å². The van der Waals surface area contributed by atoms with Gasteiger partial charge in [-0.3, -0.25) is 0 Å². The number of pyridine rings is 1. The van der Waals surface area contributed by atoms with Crippen LogP contribution in [0.1, 0.15) is 18.4 Å². The highest BCUT2D eigenvalue weighted by Gasteiger charge is 2.10. The molecule has 0 saturated carbocycles. The molecule has 0 aliphatic heterocycles. The van der Waals surface area contributed by atoms with Gasteiger partial charge in [0, 0.05) is 25.4 Å². The van der Waals surface area contributed by atoms with E-state index >= 15 is 0 Å². The van der Waals surface area contributed by atoms with Crippen molar-refractivity contribution in [3.63, 3.8) is 0 Å². The van der Waals surface area contributed by atoms with Crippen molar-refractivity contribution in [3.8, 4) is 0 Å². The molecule has 0 fully saturated rings. The molecule has 2 heterocycles. The second-order valence-electron chi connectivity index (χ2n) is 3.59. The molecule has 0 aliphatic rings. The summed E-state index contributed by atoms with van der Waals surface area (Å²) in [6, 6.07) is 1.61. The average molecular weight is 271 g/mol. The molecule has 0 spiro atoms. The molecule has 2 rings (SSSR count). The zero-order chi connectivity index (χ0) is 12.4. The van der Waals surface area contributed by atoms with Gasteiger partial charge in [-0.25, -0.2) is 9.97 Å². The third-order valence-corrected chi connectivity index (χ3v) is 3.13. The summed E-state index contributed by atoms with van der Waals surface area (Å²) in [7, 11) is 0. The number of imidazole rings is 1. The molecular weight excluding hydrogens is 259 g/mol. The summed E-state index contributed by atoms with van der Waals surface area (Å²) < 4.78 is 2.03. The van der Waals surface area contributed by atoms with Gasteiger partial charge in [0.15, 0.2) is 0 Å². The largest absolute Gasteiger partial charge is 0.382 e. The van der Waals surface area contributed by atoms with Gasteiger partial charge in [-0.1, -0.05) is 23.2 Å². The number of aryl methyl sites for hydroxylation is 1. The Bertz CT molecular complexity index is 536. The molecular formula is C11H12Cl2N4. The number of nitrogen functional groups attached to an aromatic ring is 1. The molecule has 0 aliphatic carbocycles. The number of halogens is 2. The highest BCUT2D eigenvalue weighted by molar-refractivity contribution is 6.36. The minimum Gasteiger partial charge on any atom is -0.382 e. The van der Waals surface area contributed by atoms with E-state index in [2.05, 4.69) is 16.9 Å². The van der Waals surface area contributed by atoms with E-state index in [1.165, 1.54) is 0 Å². The fraction of sp³-hybridized carbons (Fsp3) is 0.273. The van der Waals surface area contributed by atoms with Crippen molar-refractivity contribution in [3.05, 3.63) is 40.0 Å². The molecule has 17 heavy (non-hydrogen) atoms. The van der Waals surface area contributed by atoms with Gasteiger partial charge < -0.3 is 10.3 Å². The van der Waals surface area contributed by atoms with Crippen LogP contribution in [0.25, 0.3) is 0 Å². The molecule has 0 atom stereocenters. The number of aromatic nitrogens is 3. The first-order valence-corrected chi connectivity index (χ1v) is 5.97. The Kier molecular flexibility index (Phi) is 3.54. The monoisotopic (exact) mass is 270 g/mol. The van der Waals surface area contributed by atoms with E-state index < -0.39 is 0 Å². The number of hydrogen-bond donors (Lipinski definition) is 1. The van der Waals surface area contributed by atoms with Crippen molar-refractivity contribution in [2.24, 2.45) is 0 Å². The Balaban J connectivity index is 2.33. The van der Waals surface area contributed by atoms with E-state index in [0.717, 1.165) is 12.4 Å². The predicted octanol–water partition coefficient (Wildman–Crippen LogP) is 2.78. The van der Waals surface area contributed by atoms with Crippen LogP contribution in [-0.4, -0.2) is 14.5 Å². The van der Waals surface area contributed by atoms with E-state index in [1.54, 1.807) is 12.3 Å². The molecule has 2 aromatic rings. The number of nitrogens with two attached hydrogens (primary N) is 1. The van der Waals surface area contributed by atoms with E-state index in [1.807, 2.05) is 10.8 Å². The highest BCUT2D eigenvalue weighted by atomic mass is 35.5. The maximum absolute atomic E-state index is 6.07. The van der Waals surface area contributed by atoms with Gasteiger partial charge in [0.05, 0.1) is 15.7 Å². The van der Waals surface area contributed by atoms with Gasteiger partial charge in [-0.15, -0.1) is 0 Å². The molecule has 0 amide bonds. The Morgan fingerprint density at radius 3 is 2.82 bits per heavy atom. The third kappa shape index (κ3) is 2.53. The number of hydrogen-bond acceptors (Lipinski definition) is 3. The number of anilines is 1. The van der Waals surface area contributed by atoms with Crippen molar-refractivity contribution < 1.29 is 0 Å². The molecule has 4 nitrogen and oxygen atoms in total. The smallest absolute Gasteiger partial charge is 0.142 e. The van der Waals surface area contributed by atoms with Crippen LogP contribution in [0, 0.1) is 0 Å². The van der Waals surface area contributed by atoms with E-state index in [4.69, 9.17) is 28.9 Å². The minimum absolute atomic E-state index is 0.292. The van der Waals surface area contributed by atoms with Gasteiger partial charge in [-0.05, 0) is 13.0 Å². The average Bonchev–Trinajstić information content (AvgIpc) is 2.73. The molecule has 90 valence electrons. The predicted molar refractivity (Wildman–Crippen MR) is 69.4 cm³/mol. The molecule has 0 bridgehead atoms. The molecule has 6 heteroatoms. The zero-order valence-corrected chi connectivity index (χ0v) is 10.8. The van der Waals surface area contributed by atoms with Gasteiger partial charge in [0.2, 0.25) is 0 Å². The molecule has 2 aromatic heterocycles. The summed E-state index contributed by atoms with van der Waals surface area (Å²) in [4.78, 5) is 8.45. The molecule has 2 N–H and O–H groups in total. The van der Waals surface area contributed by atoms with Crippen LogP contribution in [-0.2, 0) is 13.0 Å². The Hall–Kier alpha value is -1.26. The first-order chi connectivity index (χ1) is 8.11. The SMILES string of the molecule is CCn1ccnc1Cc1nc(N)c(Cl)cc1Cl. The molecule has 0 aromatic carbocycles. The quantitative estimate of drug-likeness (QED) is 0.933. The van der Waals surface area contributed by atoms with Crippen LogP contribution < -0.4 is 5.73 Å². The van der Waals surface area contributed by atoms with Crippen LogP contribution in [0.4, 0.5) is 5.82 Å². The van der Waals surface area contributed by atoms with E-state index in [9.17, 15) is 0 Å². The van der Waals surface area contributed by atoms with Crippen molar-refractivity contribution in [1.29, 1.82) is 0 Å². The Labute approximate surface area is 109 Å². The number of rotatable bonds is 3. The van der Waals surface area contributed by atoms with Crippen molar-refractivity contribution in [1.82, 2.24) is 14.5 Å². The first kappa shape index (κ1) is 12.2. The minimum atomic E-state index is 0.292. The summed E-state index contributed by atoms with van der Waals surface area (Å²) >= 11 is 11.9. The van der Waals surface area contributed by atoms with Crippen molar-refractivity contribution in [2.75, 3.05) is 5.73 Å². The van der Waals surface area contributed by atoms with Crippen LogP contribution in [0.5, 0.6) is 0 Å².